The summed E-state index contributed by atoms with van der Waals surface area (Å²) in [5.41, 5.74) is 0.259. The van der Waals surface area contributed by atoms with E-state index in [0.29, 0.717) is 0 Å². The van der Waals surface area contributed by atoms with Crippen LogP contribution in [0.1, 0.15) is 23.4 Å². The van der Waals surface area contributed by atoms with Gasteiger partial charge < -0.3 is 0 Å². The van der Waals surface area contributed by atoms with Gasteiger partial charge in [0.15, 0.2) is 0 Å². The van der Waals surface area contributed by atoms with Gasteiger partial charge in [-0.1, -0.05) is 0 Å². The lowest BCUT2D eigenvalue weighted by Gasteiger charge is -2.02. The molecule has 0 bridgehead atoms. The Balaban J connectivity index is 3.14. The third-order valence-electron chi connectivity index (χ3n) is 1.48. The third kappa shape index (κ3) is 1.56. The van der Waals surface area contributed by atoms with Gasteiger partial charge in [-0.3, -0.25) is 0 Å². The van der Waals surface area contributed by atoms with Gasteiger partial charge in [-0.15, -0.1) is 0 Å². The molecule has 4 heteroatoms. The summed E-state index contributed by atoms with van der Waals surface area (Å²) in [7, 11) is 0. The molecule has 0 unspecified atom stereocenters. The van der Waals surface area contributed by atoms with Crippen molar-refractivity contribution in [3.05, 3.63) is 29.1 Å². The van der Waals surface area contributed by atoms with Crippen LogP contribution >= 0.6 is 0 Å². The van der Waals surface area contributed by atoms with Gasteiger partial charge in [0.2, 0.25) is 0 Å². The van der Waals surface area contributed by atoms with Crippen molar-refractivity contribution in [3.8, 4) is 6.07 Å². The van der Waals surface area contributed by atoms with E-state index in [4.69, 9.17) is 5.26 Å². The SMILES string of the molecule is Cc1nc(C#N)ccc1C(F)F. The molecule has 0 saturated carbocycles. The Morgan fingerprint density at radius 2 is 2.17 bits per heavy atom. The summed E-state index contributed by atoms with van der Waals surface area (Å²) < 4.78 is 24.3. The molecule has 1 rings (SSSR count). The second kappa shape index (κ2) is 3.26. The highest BCUT2D eigenvalue weighted by molar-refractivity contribution is 5.28. The molecule has 2 nitrogen and oxygen atoms in total. The van der Waals surface area contributed by atoms with Crippen LogP contribution in [0.4, 0.5) is 8.78 Å². The number of aromatic nitrogens is 1. The van der Waals surface area contributed by atoms with Crippen LogP contribution in [0.15, 0.2) is 12.1 Å². The van der Waals surface area contributed by atoms with E-state index in [9.17, 15) is 8.78 Å². The summed E-state index contributed by atoms with van der Waals surface area (Å²) in [4.78, 5) is 3.67. The number of rotatable bonds is 1. The zero-order valence-corrected chi connectivity index (χ0v) is 6.38. The zero-order chi connectivity index (χ0) is 9.14. The number of nitriles is 1. The maximum atomic E-state index is 12.1. The van der Waals surface area contributed by atoms with Crippen molar-refractivity contribution in [3.63, 3.8) is 0 Å². The number of aryl methyl sites for hydroxylation is 1. The fourth-order valence-electron chi connectivity index (χ4n) is 0.865. The molecule has 1 aromatic rings. The van der Waals surface area contributed by atoms with Crippen LogP contribution in [-0.4, -0.2) is 4.98 Å². The Morgan fingerprint density at radius 1 is 1.50 bits per heavy atom. The van der Waals surface area contributed by atoms with Crippen LogP contribution in [-0.2, 0) is 0 Å². The maximum absolute atomic E-state index is 12.1. The standard InChI is InChI=1S/C8H6F2N2/c1-5-7(8(9)10)3-2-6(4-11)12-5/h2-3,8H,1H3. The second-order valence-electron chi connectivity index (χ2n) is 2.28. The normalized spacial score (nSPS) is 9.92. The van der Waals surface area contributed by atoms with Gasteiger partial charge in [0.25, 0.3) is 6.43 Å². The molecular weight excluding hydrogens is 162 g/mol. The average Bonchev–Trinajstić information content (AvgIpc) is 2.03. The Hall–Kier alpha value is -1.50. The number of hydrogen-bond donors (Lipinski definition) is 0. The molecule has 0 spiro atoms. The molecular formula is C8H6F2N2. The Morgan fingerprint density at radius 3 is 2.58 bits per heavy atom. The van der Waals surface area contributed by atoms with Crippen molar-refractivity contribution in [2.24, 2.45) is 0 Å². The molecule has 0 aliphatic carbocycles. The first-order valence-corrected chi connectivity index (χ1v) is 3.31. The molecule has 0 saturated heterocycles. The lowest BCUT2D eigenvalue weighted by atomic mass is 10.2. The molecule has 0 fully saturated rings. The molecule has 1 aromatic heterocycles. The van der Waals surface area contributed by atoms with Crippen molar-refractivity contribution in [2.45, 2.75) is 13.3 Å². The predicted octanol–water partition coefficient (Wildman–Crippen LogP) is 2.20. The molecule has 0 aliphatic rings. The first-order valence-electron chi connectivity index (χ1n) is 3.31. The lowest BCUT2D eigenvalue weighted by molar-refractivity contribution is 0.150. The third-order valence-corrected chi connectivity index (χ3v) is 1.48. The summed E-state index contributed by atoms with van der Waals surface area (Å²) in [5.74, 6) is 0. The monoisotopic (exact) mass is 168 g/mol. The van der Waals surface area contributed by atoms with E-state index in [2.05, 4.69) is 4.98 Å². The quantitative estimate of drug-likeness (QED) is 0.644. The molecule has 62 valence electrons. The molecule has 0 N–H and O–H groups in total. The summed E-state index contributed by atoms with van der Waals surface area (Å²) in [6.45, 7) is 1.46. The summed E-state index contributed by atoms with van der Waals surface area (Å²) in [6, 6.07) is 4.29. The van der Waals surface area contributed by atoms with Crippen molar-refractivity contribution < 1.29 is 8.78 Å². The Labute approximate surface area is 68.5 Å². The molecule has 12 heavy (non-hydrogen) atoms. The molecule has 0 aromatic carbocycles. The van der Waals surface area contributed by atoms with Gasteiger partial charge in [0.1, 0.15) is 11.8 Å². The van der Waals surface area contributed by atoms with Gasteiger partial charge >= 0.3 is 0 Å². The van der Waals surface area contributed by atoms with E-state index in [-0.39, 0.29) is 17.0 Å². The number of alkyl halides is 2. The fraction of sp³-hybridized carbons (Fsp3) is 0.250. The molecule has 0 atom stereocenters. The maximum Gasteiger partial charge on any atom is 0.265 e. The molecule has 0 radical (unpaired) electrons. The summed E-state index contributed by atoms with van der Waals surface area (Å²) in [5, 5.41) is 8.39. The predicted molar refractivity (Wildman–Crippen MR) is 38.6 cm³/mol. The Kier molecular flexibility index (Phi) is 2.34. The van der Waals surface area contributed by atoms with Gasteiger partial charge in [-0.05, 0) is 19.1 Å². The van der Waals surface area contributed by atoms with Crippen LogP contribution in [0.5, 0.6) is 0 Å². The van der Waals surface area contributed by atoms with Gasteiger partial charge in [0, 0.05) is 11.3 Å². The van der Waals surface area contributed by atoms with Gasteiger partial charge in [0.05, 0.1) is 0 Å². The van der Waals surface area contributed by atoms with Crippen molar-refractivity contribution in [2.75, 3.05) is 0 Å². The molecule has 0 aliphatic heterocycles. The minimum absolute atomic E-state index is 0.117. The zero-order valence-electron chi connectivity index (χ0n) is 6.38. The van der Waals surface area contributed by atoms with Gasteiger partial charge in [-0.2, -0.15) is 5.26 Å². The van der Waals surface area contributed by atoms with Crippen LogP contribution in [0.2, 0.25) is 0 Å². The first kappa shape index (κ1) is 8.60. The number of nitrogens with zero attached hydrogens (tertiary/aromatic N) is 2. The average molecular weight is 168 g/mol. The topological polar surface area (TPSA) is 36.7 Å². The highest BCUT2D eigenvalue weighted by Crippen LogP contribution is 2.20. The second-order valence-corrected chi connectivity index (χ2v) is 2.28. The first-order chi connectivity index (χ1) is 5.65. The minimum Gasteiger partial charge on any atom is -0.242 e. The van der Waals surface area contributed by atoms with E-state index in [0.717, 1.165) is 0 Å². The highest BCUT2D eigenvalue weighted by atomic mass is 19.3. The minimum atomic E-state index is -2.52. The number of hydrogen-bond acceptors (Lipinski definition) is 2. The largest absolute Gasteiger partial charge is 0.265 e. The Bertz CT molecular complexity index is 328. The van der Waals surface area contributed by atoms with Crippen LogP contribution in [0.25, 0.3) is 0 Å². The molecule has 1 heterocycles. The van der Waals surface area contributed by atoms with Crippen molar-refractivity contribution >= 4 is 0 Å². The van der Waals surface area contributed by atoms with E-state index < -0.39 is 6.43 Å². The van der Waals surface area contributed by atoms with E-state index >= 15 is 0 Å². The van der Waals surface area contributed by atoms with Crippen LogP contribution in [0, 0.1) is 18.3 Å². The lowest BCUT2D eigenvalue weighted by Crippen LogP contribution is -1.94. The highest BCUT2D eigenvalue weighted by Gasteiger charge is 2.11. The van der Waals surface area contributed by atoms with E-state index in [1.54, 1.807) is 6.07 Å². The number of halogens is 2. The van der Waals surface area contributed by atoms with Crippen LogP contribution < -0.4 is 0 Å². The summed E-state index contributed by atoms with van der Waals surface area (Å²) in [6.07, 6.45) is -2.52. The van der Waals surface area contributed by atoms with Crippen LogP contribution in [0.3, 0.4) is 0 Å². The van der Waals surface area contributed by atoms with E-state index in [1.165, 1.54) is 19.1 Å². The van der Waals surface area contributed by atoms with E-state index in [1.807, 2.05) is 0 Å². The summed E-state index contributed by atoms with van der Waals surface area (Å²) >= 11 is 0. The van der Waals surface area contributed by atoms with Crippen molar-refractivity contribution in [1.29, 1.82) is 5.26 Å². The number of pyridine rings is 1. The fourth-order valence-corrected chi connectivity index (χ4v) is 0.865. The van der Waals surface area contributed by atoms with Gasteiger partial charge in [-0.25, -0.2) is 13.8 Å². The molecule has 0 amide bonds. The smallest absolute Gasteiger partial charge is 0.242 e. The van der Waals surface area contributed by atoms with Crippen molar-refractivity contribution in [1.82, 2.24) is 4.98 Å².